The second-order valence-electron chi connectivity index (χ2n) is 8.77. The third kappa shape index (κ3) is 4.01. The molecule has 4 aromatic rings. The molecule has 2 aromatic carbocycles. The molecular weight excluding hydrogens is 449 g/mol. The number of rotatable bonds is 4. The lowest BCUT2D eigenvalue weighted by Crippen LogP contribution is -2.55. The largest absolute Gasteiger partial charge is 0.334 e. The summed E-state index contributed by atoms with van der Waals surface area (Å²) in [6.07, 6.45) is 0. The Balaban J connectivity index is 1.39. The number of nitrogens with zero attached hydrogens (tertiary/aromatic N) is 3. The van der Waals surface area contributed by atoms with Gasteiger partial charge < -0.3 is 14.4 Å². The number of hydrogen-bond donors (Lipinski definition) is 0. The van der Waals surface area contributed by atoms with Gasteiger partial charge in [0.25, 0.3) is 11.8 Å². The van der Waals surface area contributed by atoms with Crippen molar-refractivity contribution in [3.63, 3.8) is 0 Å². The van der Waals surface area contributed by atoms with Gasteiger partial charge in [-0.3, -0.25) is 9.59 Å². The lowest BCUT2D eigenvalue weighted by atomic mass is 10.1. The van der Waals surface area contributed by atoms with Gasteiger partial charge >= 0.3 is 0 Å². The zero-order chi connectivity index (χ0) is 23.8. The van der Waals surface area contributed by atoms with Crippen LogP contribution in [-0.2, 0) is 0 Å². The summed E-state index contributed by atoms with van der Waals surface area (Å²) in [6.45, 7) is 5.41. The molecule has 7 heteroatoms. The van der Waals surface area contributed by atoms with E-state index in [9.17, 15) is 14.0 Å². The molecule has 0 radical (unpaired) electrons. The normalized spacial score (nSPS) is 17.2. The molecule has 2 atom stereocenters. The Morgan fingerprint density at radius 2 is 1.74 bits per heavy atom. The second-order valence-corrected chi connectivity index (χ2v) is 9.67. The highest BCUT2D eigenvalue weighted by Crippen LogP contribution is 2.32. The number of fused-ring (bicyclic) bond motifs is 1. The van der Waals surface area contributed by atoms with Crippen molar-refractivity contribution in [2.75, 3.05) is 19.6 Å². The Morgan fingerprint density at radius 1 is 1.00 bits per heavy atom. The number of benzene rings is 2. The first-order chi connectivity index (χ1) is 16.4. The summed E-state index contributed by atoms with van der Waals surface area (Å²) in [5.74, 6) is -0.527. The van der Waals surface area contributed by atoms with Gasteiger partial charge in [0, 0.05) is 36.6 Å². The lowest BCUT2D eigenvalue weighted by molar-refractivity contribution is 0.0409. The van der Waals surface area contributed by atoms with Crippen molar-refractivity contribution < 1.29 is 14.0 Å². The van der Waals surface area contributed by atoms with E-state index in [1.807, 2.05) is 42.2 Å². The molecule has 1 aliphatic heterocycles. The lowest BCUT2D eigenvalue weighted by Gasteiger charge is -2.40. The van der Waals surface area contributed by atoms with Crippen LogP contribution in [-0.4, -0.2) is 51.9 Å². The van der Waals surface area contributed by atoms with Crippen molar-refractivity contribution in [1.82, 2.24) is 14.4 Å². The Kier molecular flexibility index (Phi) is 5.96. The van der Waals surface area contributed by atoms with E-state index >= 15 is 0 Å². The van der Waals surface area contributed by atoms with Crippen LogP contribution in [0.15, 0.2) is 72.1 Å². The topological polar surface area (TPSA) is 45.6 Å². The van der Waals surface area contributed by atoms with E-state index in [0.717, 1.165) is 15.8 Å². The van der Waals surface area contributed by atoms with Gasteiger partial charge in [0.05, 0.1) is 6.04 Å². The molecule has 174 valence electrons. The molecule has 5 nitrogen and oxygen atoms in total. The maximum Gasteiger partial charge on any atom is 0.270 e. The average Bonchev–Trinajstić information content (AvgIpc) is 3.45. The van der Waals surface area contributed by atoms with Crippen LogP contribution in [0.5, 0.6) is 0 Å². The predicted molar refractivity (Wildman–Crippen MR) is 133 cm³/mol. The van der Waals surface area contributed by atoms with Crippen molar-refractivity contribution in [1.29, 1.82) is 0 Å². The molecule has 0 saturated carbocycles. The smallest absolute Gasteiger partial charge is 0.270 e. The summed E-state index contributed by atoms with van der Waals surface area (Å²) in [5, 5.41) is 3.11. The van der Waals surface area contributed by atoms with Crippen molar-refractivity contribution >= 4 is 33.4 Å². The van der Waals surface area contributed by atoms with Crippen LogP contribution in [0.3, 0.4) is 0 Å². The number of amides is 2. The second kappa shape index (κ2) is 9.06. The highest BCUT2D eigenvalue weighted by molar-refractivity contribution is 7.16. The molecular formula is C27H26FN3O2S. The fourth-order valence-corrected chi connectivity index (χ4v) is 5.71. The third-order valence-corrected chi connectivity index (χ3v) is 7.53. The van der Waals surface area contributed by atoms with E-state index in [4.69, 9.17) is 0 Å². The molecule has 1 saturated heterocycles. The first-order valence-corrected chi connectivity index (χ1v) is 12.3. The van der Waals surface area contributed by atoms with Crippen molar-refractivity contribution in [3.8, 4) is 0 Å². The summed E-state index contributed by atoms with van der Waals surface area (Å²) >= 11 is 1.64. The quantitative estimate of drug-likeness (QED) is 0.395. The van der Waals surface area contributed by atoms with Crippen LogP contribution in [0.25, 0.3) is 10.2 Å². The number of halogens is 1. The molecule has 34 heavy (non-hydrogen) atoms. The molecule has 1 fully saturated rings. The molecule has 0 N–H and O–H groups in total. The van der Waals surface area contributed by atoms with Gasteiger partial charge in [-0.2, -0.15) is 0 Å². The van der Waals surface area contributed by atoms with E-state index in [0.29, 0.717) is 30.9 Å². The number of hydrogen-bond acceptors (Lipinski definition) is 3. The van der Waals surface area contributed by atoms with Gasteiger partial charge in [-0.15, -0.1) is 11.3 Å². The average molecular weight is 476 g/mol. The standard InChI is InChI=1S/C27H26FN3O2S/c1-18-17-29(13-14-30(18)25(32)21-8-10-23(28)11-9-21)26(33)24-16-22-12-15-34-27(22)31(24)19(2)20-6-4-3-5-7-20/h3-12,15-16,18-19H,13-14,17H2,1-2H3. The van der Waals surface area contributed by atoms with E-state index in [1.54, 1.807) is 16.2 Å². The van der Waals surface area contributed by atoms with Crippen LogP contribution in [0.2, 0.25) is 0 Å². The van der Waals surface area contributed by atoms with Crippen LogP contribution in [0, 0.1) is 5.82 Å². The fraction of sp³-hybridized carbons (Fsp3) is 0.259. The summed E-state index contributed by atoms with van der Waals surface area (Å²) in [4.78, 5) is 31.4. The van der Waals surface area contributed by atoms with E-state index in [-0.39, 0.29) is 29.7 Å². The molecule has 0 spiro atoms. The maximum absolute atomic E-state index is 13.7. The number of carbonyl (C=O) groups is 2. The maximum atomic E-state index is 13.7. The molecule has 3 heterocycles. The summed E-state index contributed by atoms with van der Waals surface area (Å²) < 4.78 is 15.4. The Hall–Kier alpha value is -3.45. The number of thiophene rings is 1. The molecule has 0 bridgehead atoms. The number of carbonyl (C=O) groups excluding carboxylic acids is 2. The van der Waals surface area contributed by atoms with E-state index < -0.39 is 0 Å². The van der Waals surface area contributed by atoms with Gasteiger partial charge in [0.1, 0.15) is 16.3 Å². The monoisotopic (exact) mass is 475 g/mol. The first-order valence-electron chi connectivity index (χ1n) is 11.4. The highest BCUT2D eigenvalue weighted by Gasteiger charge is 2.32. The Morgan fingerprint density at radius 3 is 2.44 bits per heavy atom. The first kappa shape index (κ1) is 22.3. The highest BCUT2D eigenvalue weighted by atomic mass is 32.1. The SMILES string of the molecule is CC1CN(C(=O)c2cc3ccsc3n2C(C)c2ccccc2)CCN1C(=O)c1ccc(F)cc1. The van der Waals surface area contributed by atoms with Crippen LogP contribution in [0.4, 0.5) is 4.39 Å². The number of piperazine rings is 1. The molecule has 2 amide bonds. The molecule has 0 aliphatic carbocycles. The minimum atomic E-state index is -0.368. The van der Waals surface area contributed by atoms with Crippen LogP contribution < -0.4 is 0 Å². The minimum Gasteiger partial charge on any atom is -0.334 e. The fourth-order valence-electron chi connectivity index (χ4n) is 4.74. The molecule has 2 aromatic heterocycles. The van der Waals surface area contributed by atoms with Crippen molar-refractivity contribution in [2.45, 2.75) is 25.9 Å². The van der Waals surface area contributed by atoms with Gasteiger partial charge in [0.2, 0.25) is 0 Å². The van der Waals surface area contributed by atoms with Crippen molar-refractivity contribution in [3.05, 3.63) is 94.7 Å². The van der Waals surface area contributed by atoms with Crippen LogP contribution in [0.1, 0.15) is 46.3 Å². The summed E-state index contributed by atoms with van der Waals surface area (Å²) in [6, 6.07) is 19.7. The summed E-state index contributed by atoms with van der Waals surface area (Å²) in [5.41, 5.74) is 2.27. The van der Waals surface area contributed by atoms with Crippen molar-refractivity contribution in [2.24, 2.45) is 0 Å². The Labute approximate surface area is 202 Å². The Bertz CT molecular complexity index is 1330. The van der Waals surface area contributed by atoms with E-state index in [2.05, 4.69) is 29.0 Å². The van der Waals surface area contributed by atoms with Gasteiger partial charge in [-0.1, -0.05) is 30.3 Å². The zero-order valence-electron chi connectivity index (χ0n) is 19.1. The van der Waals surface area contributed by atoms with E-state index in [1.165, 1.54) is 24.3 Å². The predicted octanol–water partition coefficient (Wildman–Crippen LogP) is 5.44. The molecule has 5 rings (SSSR count). The molecule has 1 aliphatic rings. The van der Waals surface area contributed by atoms with Crippen LogP contribution >= 0.6 is 11.3 Å². The number of aromatic nitrogens is 1. The van der Waals surface area contributed by atoms with Gasteiger partial charge in [-0.05, 0) is 61.2 Å². The minimum absolute atomic E-state index is 0.00932. The zero-order valence-corrected chi connectivity index (χ0v) is 20.0. The summed E-state index contributed by atoms with van der Waals surface area (Å²) in [7, 11) is 0. The van der Waals surface area contributed by atoms with Gasteiger partial charge in [0.15, 0.2) is 0 Å². The van der Waals surface area contributed by atoms with Gasteiger partial charge in [-0.25, -0.2) is 4.39 Å². The molecule has 2 unspecified atom stereocenters. The third-order valence-electron chi connectivity index (χ3n) is 6.60.